The molecule has 0 saturated heterocycles. The molecule has 4 heteroatoms. The first-order valence-electron chi connectivity index (χ1n) is 5.81. The molecule has 1 heterocycles. The van der Waals surface area contributed by atoms with Gasteiger partial charge >= 0.3 is 0 Å². The molecule has 2 N–H and O–H groups in total. The van der Waals surface area contributed by atoms with E-state index in [-0.39, 0.29) is 0 Å². The van der Waals surface area contributed by atoms with E-state index < -0.39 is 0 Å². The Balaban J connectivity index is 1.65. The Morgan fingerprint density at radius 1 is 0.944 bits per heavy atom. The number of para-hydroxylation sites is 1. The Morgan fingerprint density at radius 3 is 2.56 bits per heavy atom. The highest BCUT2D eigenvalue weighted by Crippen LogP contribution is 2.08. The molecule has 0 spiro atoms. The number of aromatic nitrogens is 1. The van der Waals surface area contributed by atoms with E-state index in [4.69, 9.17) is 15.2 Å². The average Bonchev–Trinajstić information content (AvgIpc) is 2.40. The molecule has 0 fully saturated rings. The molecule has 4 nitrogen and oxygen atoms in total. The van der Waals surface area contributed by atoms with E-state index in [9.17, 15) is 0 Å². The predicted molar refractivity (Wildman–Crippen MR) is 70.2 cm³/mol. The number of rotatable bonds is 6. The largest absolute Gasteiger partial charge is 0.491 e. The van der Waals surface area contributed by atoms with Crippen molar-refractivity contribution in [2.75, 3.05) is 18.9 Å². The van der Waals surface area contributed by atoms with Gasteiger partial charge in [-0.1, -0.05) is 24.3 Å². The van der Waals surface area contributed by atoms with Gasteiger partial charge < -0.3 is 15.2 Å². The summed E-state index contributed by atoms with van der Waals surface area (Å²) in [6.45, 7) is 1.49. The van der Waals surface area contributed by atoms with Crippen LogP contribution in [0.2, 0.25) is 0 Å². The fourth-order valence-corrected chi connectivity index (χ4v) is 1.49. The van der Waals surface area contributed by atoms with Crippen molar-refractivity contribution >= 4 is 5.82 Å². The van der Waals surface area contributed by atoms with Crippen molar-refractivity contribution in [1.82, 2.24) is 4.98 Å². The van der Waals surface area contributed by atoms with Crippen molar-refractivity contribution in [1.29, 1.82) is 0 Å². The molecule has 0 bridgehead atoms. The summed E-state index contributed by atoms with van der Waals surface area (Å²) in [5.74, 6) is 1.36. The van der Waals surface area contributed by atoms with Crippen LogP contribution in [0, 0.1) is 0 Å². The minimum absolute atomic E-state index is 0.448. The van der Waals surface area contributed by atoms with Crippen LogP contribution in [0.5, 0.6) is 5.75 Å². The highest BCUT2D eigenvalue weighted by molar-refractivity contribution is 5.28. The molecular formula is C14H16N2O2. The van der Waals surface area contributed by atoms with Gasteiger partial charge in [-0.2, -0.15) is 0 Å². The van der Waals surface area contributed by atoms with Crippen molar-refractivity contribution in [3.63, 3.8) is 0 Å². The van der Waals surface area contributed by atoms with E-state index in [2.05, 4.69) is 4.98 Å². The molecule has 0 aliphatic carbocycles. The minimum Gasteiger partial charge on any atom is -0.491 e. The standard InChI is InChI=1S/C14H16N2O2/c15-14-8-4-5-12(16-14)11-17-9-10-18-13-6-2-1-3-7-13/h1-8H,9-11H2,(H2,15,16). The first kappa shape index (κ1) is 12.4. The van der Waals surface area contributed by atoms with E-state index in [1.54, 1.807) is 6.07 Å². The second kappa shape index (κ2) is 6.61. The molecule has 0 unspecified atom stereocenters. The van der Waals surface area contributed by atoms with Crippen LogP contribution < -0.4 is 10.5 Å². The van der Waals surface area contributed by atoms with Gasteiger partial charge in [0.05, 0.1) is 18.9 Å². The molecule has 2 rings (SSSR count). The monoisotopic (exact) mass is 244 g/mol. The third-order valence-electron chi connectivity index (χ3n) is 2.32. The van der Waals surface area contributed by atoms with Gasteiger partial charge in [-0.05, 0) is 24.3 Å². The molecular weight excluding hydrogens is 228 g/mol. The quantitative estimate of drug-likeness (QED) is 0.792. The molecule has 0 atom stereocenters. The van der Waals surface area contributed by atoms with E-state index >= 15 is 0 Å². The Hall–Kier alpha value is -2.07. The number of benzene rings is 1. The Kier molecular flexibility index (Phi) is 4.55. The zero-order valence-corrected chi connectivity index (χ0v) is 10.1. The van der Waals surface area contributed by atoms with Crippen molar-refractivity contribution in [2.45, 2.75) is 6.61 Å². The summed E-state index contributed by atoms with van der Waals surface area (Å²) in [6, 6.07) is 15.2. The van der Waals surface area contributed by atoms with Gasteiger partial charge in [0.25, 0.3) is 0 Å². The summed E-state index contributed by atoms with van der Waals surface area (Å²) in [5, 5.41) is 0. The Morgan fingerprint density at radius 2 is 1.78 bits per heavy atom. The third kappa shape index (κ3) is 4.07. The normalized spacial score (nSPS) is 10.2. The van der Waals surface area contributed by atoms with Gasteiger partial charge in [-0.15, -0.1) is 0 Å². The number of hydrogen-bond acceptors (Lipinski definition) is 4. The van der Waals surface area contributed by atoms with Crippen LogP contribution in [-0.4, -0.2) is 18.2 Å². The number of hydrogen-bond donors (Lipinski definition) is 1. The van der Waals surface area contributed by atoms with Gasteiger partial charge in [0.15, 0.2) is 0 Å². The van der Waals surface area contributed by atoms with Crippen LogP contribution in [0.3, 0.4) is 0 Å². The van der Waals surface area contributed by atoms with Gasteiger partial charge in [0.1, 0.15) is 18.2 Å². The summed E-state index contributed by atoms with van der Waals surface area (Å²) < 4.78 is 11.0. The molecule has 1 aromatic heterocycles. The highest BCUT2D eigenvalue weighted by Gasteiger charge is 1.96. The van der Waals surface area contributed by atoms with Crippen LogP contribution in [0.4, 0.5) is 5.82 Å². The zero-order valence-electron chi connectivity index (χ0n) is 10.1. The molecule has 18 heavy (non-hydrogen) atoms. The SMILES string of the molecule is Nc1cccc(COCCOc2ccccc2)n1. The topological polar surface area (TPSA) is 57.4 Å². The first-order chi connectivity index (χ1) is 8.84. The van der Waals surface area contributed by atoms with Crippen molar-refractivity contribution < 1.29 is 9.47 Å². The molecule has 0 saturated carbocycles. The molecule has 0 radical (unpaired) electrons. The van der Waals surface area contributed by atoms with Crippen molar-refractivity contribution in [3.05, 3.63) is 54.2 Å². The van der Waals surface area contributed by atoms with Gasteiger partial charge in [-0.3, -0.25) is 0 Å². The van der Waals surface area contributed by atoms with Crippen LogP contribution in [0.15, 0.2) is 48.5 Å². The zero-order chi connectivity index (χ0) is 12.6. The number of nitrogens with zero attached hydrogens (tertiary/aromatic N) is 1. The number of ether oxygens (including phenoxy) is 2. The van der Waals surface area contributed by atoms with E-state index in [0.29, 0.717) is 25.6 Å². The lowest BCUT2D eigenvalue weighted by molar-refractivity contribution is 0.0870. The Labute approximate surface area is 106 Å². The van der Waals surface area contributed by atoms with Crippen LogP contribution in [0.25, 0.3) is 0 Å². The predicted octanol–water partition coefficient (Wildman–Crippen LogP) is 2.26. The van der Waals surface area contributed by atoms with Gasteiger partial charge in [0, 0.05) is 0 Å². The van der Waals surface area contributed by atoms with Crippen LogP contribution in [-0.2, 0) is 11.3 Å². The summed E-state index contributed by atoms with van der Waals surface area (Å²) in [6.07, 6.45) is 0. The number of nitrogens with two attached hydrogens (primary N) is 1. The van der Waals surface area contributed by atoms with Gasteiger partial charge in [-0.25, -0.2) is 4.98 Å². The lowest BCUT2D eigenvalue weighted by Crippen LogP contribution is -2.07. The summed E-state index contributed by atoms with van der Waals surface area (Å²) in [4.78, 5) is 4.14. The van der Waals surface area contributed by atoms with E-state index in [1.165, 1.54) is 0 Å². The third-order valence-corrected chi connectivity index (χ3v) is 2.32. The summed E-state index contributed by atoms with van der Waals surface area (Å²) in [7, 11) is 0. The lowest BCUT2D eigenvalue weighted by atomic mass is 10.3. The minimum atomic E-state index is 0.448. The number of pyridine rings is 1. The highest BCUT2D eigenvalue weighted by atomic mass is 16.5. The molecule has 0 aliphatic heterocycles. The molecule has 1 aromatic carbocycles. The fourth-order valence-electron chi connectivity index (χ4n) is 1.49. The maximum atomic E-state index is 5.57. The number of anilines is 1. The molecule has 2 aromatic rings. The summed E-state index contributed by atoms with van der Waals surface area (Å²) in [5.41, 5.74) is 6.40. The molecule has 0 aliphatic rings. The second-order valence-corrected chi connectivity index (χ2v) is 3.77. The van der Waals surface area contributed by atoms with E-state index in [1.807, 2.05) is 42.5 Å². The smallest absolute Gasteiger partial charge is 0.123 e. The first-order valence-corrected chi connectivity index (χ1v) is 5.81. The average molecular weight is 244 g/mol. The van der Waals surface area contributed by atoms with Crippen molar-refractivity contribution in [2.24, 2.45) is 0 Å². The van der Waals surface area contributed by atoms with Crippen molar-refractivity contribution in [3.8, 4) is 5.75 Å². The second-order valence-electron chi connectivity index (χ2n) is 3.77. The number of nitrogen functional groups attached to an aromatic ring is 1. The van der Waals surface area contributed by atoms with E-state index in [0.717, 1.165) is 11.4 Å². The Bertz CT molecular complexity index is 474. The maximum Gasteiger partial charge on any atom is 0.123 e. The van der Waals surface area contributed by atoms with Crippen LogP contribution >= 0.6 is 0 Å². The molecule has 0 amide bonds. The lowest BCUT2D eigenvalue weighted by Gasteiger charge is -2.07. The molecule has 94 valence electrons. The van der Waals surface area contributed by atoms with Crippen LogP contribution in [0.1, 0.15) is 5.69 Å². The maximum absolute atomic E-state index is 5.57. The van der Waals surface area contributed by atoms with Gasteiger partial charge in [0.2, 0.25) is 0 Å². The fraction of sp³-hybridized carbons (Fsp3) is 0.214. The summed E-state index contributed by atoms with van der Waals surface area (Å²) >= 11 is 0.